The van der Waals surface area contributed by atoms with Crippen molar-refractivity contribution in [1.82, 2.24) is 25.1 Å². The van der Waals surface area contributed by atoms with Crippen LogP contribution in [0.5, 0.6) is 0 Å². The zero-order valence-electron chi connectivity index (χ0n) is 17.3. The quantitative estimate of drug-likeness (QED) is 0.606. The van der Waals surface area contributed by atoms with Gasteiger partial charge in [0, 0.05) is 23.7 Å². The highest BCUT2D eigenvalue weighted by Gasteiger charge is 2.00. The van der Waals surface area contributed by atoms with Crippen LogP contribution in [0.25, 0.3) is 0 Å². The highest BCUT2D eigenvalue weighted by molar-refractivity contribution is 9.08. The van der Waals surface area contributed by atoms with Crippen LogP contribution < -0.4 is 5.32 Å². The summed E-state index contributed by atoms with van der Waals surface area (Å²) >= 11 is 6.69. The SMILES string of the molecule is BrCc1cccc(CBr)n1.CN(C)Cc1cccc(CN(C)C)n1.CNC. The van der Waals surface area contributed by atoms with Gasteiger partial charge in [-0.25, -0.2) is 0 Å². The summed E-state index contributed by atoms with van der Waals surface area (Å²) in [4.78, 5) is 13.1. The minimum Gasteiger partial charge on any atom is -0.323 e. The van der Waals surface area contributed by atoms with Crippen molar-refractivity contribution in [3.63, 3.8) is 0 Å². The molecule has 0 amide bonds. The maximum Gasteiger partial charge on any atom is 0.0547 e. The van der Waals surface area contributed by atoms with Gasteiger partial charge in [-0.15, -0.1) is 0 Å². The number of hydrogen-bond acceptors (Lipinski definition) is 5. The second-order valence-electron chi connectivity index (χ2n) is 6.48. The summed E-state index contributed by atoms with van der Waals surface area (Å²) in [5, 5.41) is 4.40. The largest absolute Gasteiger partial charge is 0.323 e. The topological polar surface area (TPSA) is 44.3 Å². The van der Waals surface area contributed by atoms with Gasteiger partial charge in [0.25, 0.3) is 0 Å². The van der Waals surface area contributed by atoms with Crippen LogP contribution in [0.3, 0.4) is 0 Å². The van der Waals surface area contributed by atoms with Crippen LogP contribution in [0.1, 0.15) is 22.8 Å². The molecule has 2 heterocycles. The third-order valence-electron chi connectivity index (χ3n) is 2.96. The van der Waals surface area contributed by atoms with E-state index in [4.69, 9.17) is 0 Å². The van der Waals surface area contributed by atoms with Gasteiger partial charge in [-0.05, 0) is 66.6 Å². The lowest BCUT2D eigenvalue weighted by atomic mass is 10.3. The molecule has 0 aliphatic rings. The number of nitrogens with zero attached hydrogens (tertiary/aromatic N) is 4. The summed E-state index contributed by atoms with van der Waals surface area (Å²) < 4.78 is 0. The van der Waals surface area contributed by atoms with Crippen molar-refractivity contribution >= 4 is 31.9 Å². The molecular formula is C20H33Br2N5. The van der Waals surface area contributed by atoms with Crippen molar-refractivity contribution in [3.8, 4) is 0 Å². The van der Waals surface area contributed by atoms with Gasteiger partial charge in [0.05, 0.1) is 22.8 Å². The van der Waals surface area contributed by atoms with E-state index in [-0.39, 0.29) is 0 Å². The van der Waals surface area contributed by atoms with Crippen LogP contribution in [0.15, 0.2) is 36.4 Å². The molecular weight excluding hydrogens is 470 g/mol. The molecule has 0 aromatic carbocycles. The van der Waals surface area contributed by atoms with Gasteiger partial charge in [-0.3, -0.25) is 9.97 Å². The number of nitrogens with one attached hydrogen (secondary N) is 1. The molecule has 2 aromatic heterocycles. The molecule has 2 aromatic rings. The van der Waals surface area contributed by atoms with E-state index in [9.17, 15) is 0 Å². The fourth-order valence-corrected chi connectivity index (χ4v) is 2.66. The van der Waals surface area contributed by atoms with E-state index in [1.54, 1.807) is 0 Å². The van der Waals surface area contributed by atoms with E-state index in [1.165, 1.54) is 0 Å². The van der Waals surface area contributed by atoms with Gasteiger partial charge in [0.1, 0.15) is 0 Å². The Morgan fingerprint density at radius 2 is 1.00 bits per heavy atom. The fraction of sp³-hybridized carbons (Fsp3) is 0.500. The molecule has 0 aliphatic heterocycles. The molecule has 0 saturated heterocycles. The molecule has 1 N–H and O–H groups in total. The lowest BCUT2D eigenvalue weighted by molar-refractivity contribution is 0.384. The molecule has 27 heavy (non-hydrogen) atoms. The first-order valence-corrected chi connectivity index (χ1v) is 11.0. The van der Waals surface area contributed by atoms with Crippen molar-refractivity contribution in [2.75, 3.05) is 42.3 Å². The molecule has 0 unspecified atom stereocenters. The Labute approximate surface area is 181 Å². The average molecular weight is 503 g/mol. The Hall–Kier alpha value is -0.860. The second-order valence-corrected chi connectivity index (χ2v) is 7.60. The third-order valence-corrected chi connectivity index (χ3v) is 4.11. The van der Waals surface area contributed by atoms with Crippen molar-refractivity contribution in [3.05, 3.63) is 59.2 Å². The Morgan fingerprint density at radius 3 is 1.30 bits per heavy atom. The molecule has 0 saturated carbocycles. The van der Waals surface area contributed by atoms with Crippen LogP contribution in [0.2, 0.25) is 0 Å². The van der Waals surface area contributed by atoms with Crippen LogP contribution in [-0.2, 0) is 23.7 Å². The molecule has 0 radical (unpaired) electrons. The Bertz CT molecular complexity index is 576. The number of alkyl halides is 2. The number of hydrogen-bond donors (Lipinski definition) is 1. The summed E-state index contributed by atoms with van der Waals surface area (Å²) in [6, 6.07) is 12.2. The molecule has 0 fully saturated rings. The molecule has 0 atom stereocenters. The summed E-state index contributed by atoms with van der Waals surface area (Å²) in [6.07, 6.45) is 0. The predicted octanol–water partition coefficient (Wildman–Crippen LogP) is 3.91. The average Bonchev–Trinajstić information content (AvgIpc) is 2.62. The van der Waals surface area contributed by atoms with Gasteiger partial charge in [-0.1, -0.05) is 44.0 Å². The van der Waals surface area contributed by atoms with Gasteiger partial charge >= 0.3 is 0 Å². The first-order chi connectivity index (χ1) is 12.9. The van der Waals surface area contributed by atoms with Gasteiger partial charge in [0.15, 0.2) is 0 Å². The number of halogens is 2. The molecule has 5 nitrogen and oxygen atoms in total. The molecule has 152 valence electrons. The van der Waals surface area contributed by atoms with Crippen LogP contribution in [-0.4, -0.2) is 62.1 Å². The van der Waals surface area contributed by atoms with Crippen molar-refractivity contribution in [2.45, 2.75) is 23.7 Å². The highest BCUT2D eigenvalue weighted by atomic mass is 79.9. The summed E-state index contributed by atoms with van der Waals surface area (Å²) in [7, 11) is 12.0. The maximum absolute atomic E-state index is 4.57. The minimum atomic E-state index is 0.827. The molecule has 2 rings (SSSR count). The molecule has 0 bridgehead atoms. The van der Waals surface area contributed by atoms with Crippen molar-refractivity contribution in [2.24, 2.45) is 0 Å². The predicted molar refractivity (Wildman–Crippen MR) is 124 cm³/mol. The van der Waals surface area contributed by atoms with Crippen molar-refractivity contribution < 1.29 is 0 Å². The third kappa shape index (κ3) is 13.9. The van der Waals surface area contributed by atoms with Crippen LogP contribution in [0, 0.1) is 0 Å². The minimum absolute atomic E-state index is 0.827. The summed E-state index contributed by atoms with van der Waals surface area (Å²) in [5.41, 5.74) is 4.43. The monoisotopic (exact) mass is 501 g/mol. The highest BCUT2D eigenvalue weighted by Crippen LogP contribution is 2.06. The standard InChI is InChI=1S/C11H19N3.C7H7Br2N.C2H7N/c1-13(2)8-10-6-5-7-11(12-10)9-14(3)4;8-4-6-2-1-3-7(5-9)10-6;1-3-2/h5-7H,8-9H2,1-4H3;1-3H,4-5H2;3H,1-2H3. The van der Waals surface area contributed by atoms with E-state index in [0.717, 1.165) is 46.5 Å². The Balaban J connectivity index is 0.000000455. The van der Waals surface area contributed by atoms with Gasteiger partial charge in [-0.2, -0.15) is 0 Å². The number of pyridine rings is 2. The number of aromatic nitrogens is 2. The zero-order chi connectivity index (χ0) is 20.7. The first kappa shape index (κ1) is 26.1. The molecule has 7 heteroatoms. The van der Waals surface area contributed by atoms with Crippen LogP contribution in [0.4, 0.5) is 0 Å². The lowest BCUT2D eigenvalue weighted by Gasteiger charge is -2.12. The first-order valence-electron chi connectivity index (χ1n) is 8.75. The summed E-state index contributed by atoms with van der Waals surface area (Å²) in [6.45, 7) is 1.81. The second kappa shape index (κ2) is 16.1. The van der Waals surface area contributed by atoms with Crippen LogP contribution >= 0.6 is 31.9 Å². The normalized spacial score (nSPS) is 10.1. The molecule has 0 aliphatic carbocycles. The lowest BCUT2D eigenvalue weighted by Crippen LogP contribution is -2.15. The maximum atomic E-state index is 4.57. The van der Waals surface area contributed by atoms with E-state index in [0.29, 0.717) is 0 Å². The molecule has 0 spiro atoms. The van der Waals surface area contributed by atoms with E-state index >= 15 is 0 Å². The summed E-state index contributed by atoms with van der Waals surface area (Å²) in [5.74, 6) is 0. The smallest absolute Gasteiger partial charge is 0.0547 e. The fourth-order valence-electron chi connectivity index (χ4n) is 2.03. The van der Waals surface area contributed by atoms with E-state index in [1.807, 2.05) is 32.3 Å². The van der Waals surface area contributed by atoms with Gasteiger partial charge < -0.3 is 15.1 Å². The van der Waals surface area contributed by atoms with E-state index in [2.05, 4.69) is 103 Å². The Morgan fingerprint density at radius 1 is 0.704 bits per heavy atom. The number of rotatable bonds is 6. The van der Waals surface area contributed by atoms with Gasteiger partial charge in [0.2, 0.25) is 0 Å². The zero-order valence-corrected chi connectivity index (χ0v) is 20.5. The van der Waals surface area contributed by atoms with Crippen molar-refractivity contribution in [1.29, 1.82) is 0 Å². The van der Waals surface area contributed by atoms with E-state index < -0.39 is 0 Å². The Kier molecular flexibility index (Phi) is 15.6.